The molecule has 1 aromatic rings. The Bertz CT molecular complexity index is 463. The molecule has 0 heterocycles. The van der Waals surface area contributed by atoms with Crippen molar-refractivity contribution in [2.24, 2.45) is 11.7 Å². The number of phenols is 1. The highest BCUT2D eigenvalue weighted by molar-refractivity contribution is 7.80. The number of aromatic hydroxyl groups is 1. The Kier molecular flexibility index (Phi) is 5.76. The van der Waals surface area contributed by atoms with Gasteiger partial charge in [0.1, 0.15) is 5.75 Å². The summed E-state index contributed by atoms with van der Waals surface area (Å²) in [5.41, 5.74) is 6.20. The van der Waals surface area contributed by atoms with Crippen molar-refractivity contribution in [3.63, 3.8) is 0 Å². The van der Waals surface area contributed by atoms with Crippen LogP contribution in [0.25, 0.3) is 0 Å². The molecule has 1 atom stereocenters. The molecule has 19 heavy (non-hydrogen) atoms. The summed E-state index contributed by atoms with van der Waals surface area (Å²) in [4.78, 5) is 14.3. The second-order valence-electron chi connectivity index (χ2n) is 4.54. The van der Waals surface area contributed by atoms with Gasteiger partial charge in [-0.15, -0.1) is 0 Å². The van der Waals surface area contributed by atoms with Crippen LogP contribution in [0.1, 0.15) is 19.4 Å². The number of benzene rings is 1. The molecular formula is C14H20N2O2S. The van der Waals surface area contributed by atoms with Crippen molar-refractivity contribution in [3.8, 4) is 5.75 Å². The number of carbonyl (C=O) groups excluding carboxylic acids is 1. The summed E-state index contributed by atoms with van der Waals surface area (Å²) in [5.74, 6) is 0.102. The number of para-hydroxylation sites is 1. The summed E-state index contributed by atoms with van der Waals surface area (Å²) in [6.07, 6.45) is 0.185. The van der Waals surface area contributed by atoms with Crippen LogP contribution in [-0.4, -0.2) is 34.0 Å². The Morgan fingerprint density at radius 1 is 1.47 bits per heavy atom. The van der Waals surface area contributed by atoms with E-state index in [1.165, 1.54) is 0 Å². The maximum absolute atomic E-state index is 12.2. The summed E-state index contributed by atoms with van der Waals surface area (Å²) in [6, 6.07) is 6.86. The number of hydrogen-bond acceptors (Lipinski definition) is 3. The number of thiocarbonyl (C=S) groups is 1. The van der Waals surface area contributed by atoms with E-state index < -0.39 is 0 Å². The van der Waals surface area contributed by atoms with E-state index in [0.717, 1.165) is 0 Å². The molecule has 1 amide bonds. The van der Waals surface area contributed by atoms with E-state index >= 15 is 0 Å². The van der Waals surface area contributed by atoms with Crippen LogP contribution in [0.3, 0.4) is 0 Å². The Morgan fingerprint density at radius 2 is 2.11 bits per heavy atom. The van der Waals surface area contributed by atoms with E-state index in [1.54, 1.807) is 29.2 Å². The maximum atomic E-state index is 12.2. The third-order valence-corrected chi connectivity index (χ3v) is 3.45. The fourth-order valence-corrected chi connectivity index (χ4v) is 1.84. The average Bonchev–Trinajstić information content (AvgIpc) is 2.38. The molecule has 0 radical (unpaired) electrons. The predicted molar refractivity (Wildman–Crippen MR) is 80.0 cm³/mol. The Balaban J connectivity index is 2.69. The zero-order valence-corrected chi connectivity index (χ0v) is 12.1. The molecule has 4 nitrogen and oxygen atoms in total. The summed E-state index contributed by atoms with van der Waals surface area (Å²) in [5, 5.41) is 9.67. The van der Waals surface area contributed by atoms with Crippen molar-refractivity contribution in [2.75, 3.05) is 13.1 Å². The molecule has 0 aliphatic rings. The van der Waals surface area contributed by atoms with Gasteiger partial charge in [-0.2, -0.15) is 0 Å². The van der Waals surface area contributed by atoms with Crippen LogP contribution in [0.2, 0.25) is 0 Å². The topological polar surface area (TPSA) is 66.6 Å². The van der Waals surface area contributed by atoms with Gasteiger partial charge in [0.15, 0.2) is 0 Å². The lowest BCUT2D eigenvalue weighted by atomic mass is 10.1. The van der Waals surface area contributed by atoms with E-state index in [1.807, 2.05) is 13.8 Å². The quantitative estimate of drug-likeness (QED) is 0.778. The Labute approximate surface area is 119 Å². The molecule has 1 unspecified atom stereocenters. The van der Waals surface area contributed by atoms with Gasteiger partial charge in [-0.25, -0.2) is 0 Å². The minimum Gasteiger partial charge on any atom is -0.508 e. The van der Waals surface area contributed by atoms with E-state index in [2.05, 4.69) is 0 Å². The van der Waals surface area contributed by atoms with Crippen LogP contribution in [0.4, 0.5) is 0 Å². The van der Waals surface area contributed by atoms with Crippen LogP contribution < -0.4 is 5.73 Å². The molecule has 0 saturated heterocycles. The van der Waals surface area contributed by atoms with Gasteiger partial charge in [0, 0.05) is 24.6 Å². The third-order valence-electron chi connectivity index (χ3n) is 3.05. The molecule has 3 N–H and O–H groups in total. The monoisotopic (exact) mass is 280 g/mol. The molecule has 0 aliphatic heterocycles. The summed E-state index contributed by atoms with van der Waals surface area (Å²) < 4.78 is 0. The summed E-state index contributed by atoms with van der Waals surface area (Å²) >= 11 is 4.92. The number of hydrogen-bond donors (Lipinski definition) is 2. The van der Waals surface area contributed by atoms with Crippen molar-refractivity contribution >= 4 is 23.1 Å². The molecule has 0 spiro atoms. The van der Waals surface area contributed by atoms with Crippen LogP contribution in [-0.2, 0) is 11.2 Å². The van der Waals surface area contributed by atoms with Gasteiger partial charge in [0.05, 0.1) is 11.4 Å². The molecule has 0 saturated carbocycles. The fraction of sp³-hybridized carbons (Fsp3) is 0.429. The first-order chi connectivity index (χ1) is 8.95. The predicted octanol–water partition coefficient (Wildman–Crippen LogP) is 1.71. The number of phenolic OH excluding ortho intramolecular Hbond substituents is 1. The minimum absolute atomic E-state index is 0.0109. The first kappa shape index (κ1) is 15.4. The second kappa shape index (κ2) is 7.09. The molecule has 5 heteroatoms. The normalized spacial score (nSPS) is 11.9. The minimum atomic E-state index is -0.0351. The number of amides is 1. The van der Waals surface area contributed by atoms with Gasteiger partial charge in [0.2, 0.25) is 5.91 Å². The van der Waals surface area contributed by atoms with Gasteiger partial charge >= 0.3 is 0 Å². The molecule has 0 aliphatic carbocycles. The number of rotatable bonds is 6. The molecule has 1 aromatic carbocycles. The highest BCUT2D eigenvalue weighted by Crippen LogP contribution is 2.17. The lowest BCUT2D eigenvalue weighted by Crippen LogP contribution is -2.38. The largest absolute Gasteiger partial charge is 0.508 e. The molecular weight excluding hydrogens is 260 g/mol. The van der Waals surface area contributed by atoms with Gasteiger partial charge in [0.25, 0.3) is 0 Å². The second-order valence-corrected chi connectivity index (χ2v) is 5.01. The smallest absolute Gasteiger partial charge is 0.227 e. The van der Waals surface area contributed by atoms with Crippen LogP contribution in [0.15, 0.2) is 24.3 Å². The first-order valence-corrected chi connectivity index (χ1v) is 6.70. The number of nitrogens with two attached hydrogens (primary N) is 1. The standard InChI is InChI=1S/C14H20N2O2S/c1-3-16(9-10(2)14(15)19)13(18)8-11-6-4-5-7-12(11)17/h4-7,10,17H,3,8-9H2,1-2H3,(H2,15,19). The van der Waals surface area contributed by atoms with Gasteiger partial charge < -0.3 is 15.7 Å². The number of nitrogens with zero attached hydrogens (tertiary/aromatic N) is 1. The van der Waals surface area contributed by atoms with Crippen molar-refractivity contribution in [1.29, 1.82) is 0 Å². The van der Waals surface area contributed by atoms with Gasteiger partial charge in [-0.1, -0.05) is 37.3 Å². The highest BCUT2D eigenvalue weighted by Gasteiger charge is 2.17. The van der Waals surface area contributed by atoms with Crippen molar-refractivity contribution in [3.05, 3.63) is 29.8 Å². The number of likely N-dealkylation sites (N-methyl/N-ethyl adjacent to an activating group) is 1. The maximum Gasteiger partial charge on any atom is 0.227 e. The molecule has 0 bridgehead atoms. The molecule has 0 aromatic heterocycles. The SMILES string of the molecule is CCN(CC(C)C(N)=S)C(=O)Cc1ccccc1O. The number of carbonyl (C=O) groups is 1. The van der Waals surface area contributed by atoms with Gasteiger partial charge in [-0.05, 0) is 13.0 Å². The van der Waals surface area contributed by atoms with E-state index in [9.17, 15) is 9.90 Å². The summed E-state index contributed by atoms with van der Waals surface area (Å²) in [7, 11) is 0. The summed E-state index contributed by atoms with van der Waals surface area (Å²) in [6.45, 7) is 4.92. The highest BCUT2D eigenvalue weighted by atomic mass is 32.1. The van der Waals surface area contributed by atoms with Crippen molar-refractivity contribution < 1.29 is 9.90 Å². The lowest BCUT2D eigenvalue weighted by molar-refractivity contribution is -0.130. The van der Waals surface area contributed by atoms with Gasteiger partial charge in [-0.3, -0.25) is 4.79 Å². The lowest BCUT2D eigenvalue weighted by Gasteiger charge is -2.24. The zero-order valence-electron chi connectivity index (χ0n) is 11.3. The van der Waals surface area contributed by atoms with Crippen LogP contribution >= 0.6 is 12.2 Å². The zero-order chi connectivity index (χ0) is 14.4. The molecule has 0 fully saturated rings. The van der Waals surface area contributed by atoms with E-state index in [4.69, 9.17) is 18.0 Å². The van der Waals surface area contributed by atoms with Crippen molar-refractivity contribution in [2.45, 2.75) is 20.3 Å². The average molecular weight is 280 g/mol. The Hall–Kier alpha value is -1.62. The third kappa shape index (κ3) is 4.52. The Morgan fingerprint density at radius 3 is 2.63 bits per heavy atom. The fourth-order valence-electron chi connectivity index (χ4n) is 1.76. The van der Waals surface area contributed by atoms with Crippen LogP contribution in [0, 0.1) is 5.92 Å². The van der Waals surface area contributed by atoms with Crippen molar-refractivity contribution in [1.82, 2.24) is 4.90 Å². The van der Waals surface area contributed by atoms with Crippen LogP contribution in [0.5, 0.6) is 5.75 Å². The van der Waals surface area contributed by atoms with E-state index in [0.29, 0.717) is 23.6 Å². The molecule has 1 rings (SSSR count). The van der Waals surface area contributed by atoms with E-state index in [-0.39, 0.29) is 24.0 Å². The molecule has 104 valence electrons. The first-order valence-electron chi connectivity index (χ1n) is 6.29.